The SMILES string of the molecule is CCC(=N)N(C)CCNC(=O)CCCCCN1/C(=C/C=C2\CCCC(/C=C/C3=[N+](CCCCCC(=O)NCCN(C)C(=N)CC)c4ccccc4C3(C)C)=C2Cl)C(C)(C)c2ccccc21. The molecule has 11 heteroatoms. The number of fused-ring (bicyclic) bond motifs is 2. The Bertz CT molecular complexity index is 2180. The molecule has 0 atom stereocenters. The van der Waals surface area contributed by atoms with E-state index in [0.29, 0.717) is 63.5 Å². The Morgan fingerprint density at radius 3 is 1.97 bits per heavy atom. The van der Waals surface area contributed by atoms with Gasteiger partial charge in [0.2, 0.25) is 17.5 Å². The van der Waals surface area contributed by atoms with Crippen molar-refractivity contribution in [3.63, 3.8) is 0 Å². The number of hydrogen-bond donors (Lipinski definition) is 4. The lowest BCUT2D eigenvalue weighted by Crippen LogP contribution is -2.35. The third-order valence-corrected chi connectivity index (χ3v) is 14.1. The van der Waals surface area contributed by atoms with Crippen molar-refractivity contribution in [1.29, 1.82) is 10.8 Å². The van der Waals surface area contributed by atoms with Crippen LogP contribution in [0.15, 0.2) is 94.7 Å². The Balaban J connectivity index is 1.24. The number of nitrogens with one attached hydrogen (secondary N) is 4. The molecule has 2 heterocycles. The Morgan fingerprint density at radius 1 is 0.754 bits per heavy atom. The first-order chi connectivity index (χ1) is 31.1. The summed E-state index contributed by atoms with van der Waals surface area (Å²) in [5.74, 6) is 1.33. The molecular formula is C54H78ClN8O2+. The number of benzene rings is 2. The number of carbonyl (C=O) groups excluding carboxylic acids is 2. The summed E-state index contributed by atoms with van der Waals surface area (Å²) < 4.78 is 2.48. The first-order valence-electron chi connectivity index (χ1n) is 24.3. The topological polar surface area (TPSA) is 119 Å². The highest BCUT2D eigenvalue weighted by molar-refractivity contribution is 6.32. The maximum atomic E-state index is 12.5. The van der Waals surface area contributed by atoms with Crippen molar-refractivity contribution in [2.24, 2.45) is 0 Å². The van der Waals surface area contributed by atoms with Crippen LogP contribution in [0.2, 0.25) is 0 Å². The lowest BCUT2D eigenvalue weighted by atomic mass is 9.81. The number of likely N-dealkylation sites (N-methyl/N-ethyl adjacent to an activating group) is 2. The van der Waals surface area contributed by atoms with Crippen molar-refractivity contribution >= 4 is 52.2 Å². The number of rotatable bonds is 23. The highest BCUT2D eigenvalue weighted by Crippen LogP contribution is 2.48. The van der Waals surface area contributed by atoms with Gasteiger partial charge in [0.25, 0.3) is 0 Å². The zero-order valence-electron chi connectivity index (χ0n) is 40.8. The van der Waals surface area contributed by atoms with E-state index in [9.17, 15) is 9.59 Å². The number of unbranched alkanes of at least 4 members (excludes halogenated alkanes) is 4. The number of amidine groups is 2. The van der Waals surface area contributed by atoms with E-state index in [-0.39, 0.29) is 22.6 Å². The van der Waals surface area contributed by atoms with Crippen LogP contribution in [0.4, 0.5) is 11.4 Å². The van der Waals surface area contributed by atoms with Gasteiger partial charge in [0.1, 0.15) is 6.54 Å². The minimum absolute atomic E-state index is 0.0811. The number of allylic oxidation sites excluding steroid dienone is 8. The molecule has 2 amide bonds. The summed E-state index contributed by atoms with van der Waals surface area (Å²) in [6.07, 6.45) is 20.1. The Morgan fingerprint density at radius 2 is 1.34 bits per heavy atom. The molecule has 0 saturated carbocycles. The molecular weight excluding hydrogens is 828 g/mol. The van der Waals surface area contributed by atoms with E-state index in [1.807, 2.05) is 37.7 Å². The molecule has 0 unspecified atom stereocenters. The number of para-hydroxylation sites is 2. The van der Waals surface area contributed by atoms with Crippen LogP contribution in [0, 0.1) is 10.8 Å². The van der Waals surface area contributed by atoms with Gasteiger partial charge in [-0.15, -0.1) is 0 Å². The van der Waals surface area contributed by atoms with Crippen molar-refractivity contribution < 1.29 is 14.2 Å². The van der Waals surface area contributed by atoms with Gasteiger partial charge in [0.15, 0.2) is 5.71 Å². The molecule has 10 nitrogen and oxygen atoms in total. The second-order valence-electron chi connectivity index (χ2n) is 19.0. The number of hydrogen-bond acceptors (Lipinski definition) is 5. The Kier molecular flexibility index (Phi) is 18.8. The Hall–Kier alpha value is -4.96. The molecule has 0 bridgehead atoms. The monoisotopic (exact) mass is 906 g/mol. The van der Waals surface area contributed by atoms with Gasteiger partial charge < -0.3 is 25.3 Å². The first kappa shape index (κ1) is 51.0. The van der Waals surface area contributed by atoms with E-state index in [1.165, 1.54) is 45.1 Å². The lowest BCUT2D eigenvalue weighted by Gasteiger charge is -2.27. The van der Waals surface area contributed by atoms with Gasteiger partial charge >= 0.3 is 0 Å². The van der Waals surface area contributed by atoms with Crippen LogP contribution < -0.4 is 15.5 Å². The molecule has 2 aliphatic heterocycles. The minimum Gasteiger partial charge on any atom is -0.362 e. The van der Waals surface area contributed by atoms with Crippen LogP contribution in [-0.2, 0) is 20.4 Å². The third-order valence-electron chi connectivity index (χ3n) is 13.6. The minimum atomic E-state index is -0.171. The van der Waals surface area contributed by atoms with Crippen LogP contribution in [0.25, 0.3) is 0 Å². The number of anilines is 1. The summed E-state index contributed by atoms with van der Waals surface area (Å²) >= 11 is 7.34. The molecule has 0 aromatic heterocycles. The highest BCUT2D eigenvalue weighted by Gasteiger charge is 2.44. The molecule has 5 rings (SSSR count). The highest BCUT2D eigenvalue weighted by atomic mass is 35.5. The summed E-state index contributed by atoms with van der Waals surface area (Å²) in [7, 11) is 3.80. The predicted octanol–water partition coefficient (Wildman–Crippen LogP) is 10.9. The quantitative estimate of drug-likeness (QED) is 0.0383. The molecule has 0 radical (unpaired) electrons. The number of halogens is 1. The van der Waals surface area contributed by atoms with Crippen LogP contribution in [-0.4, -0.2) is 96.9 Å². The molecule has 0 saturated heterocycles. The zero-order chi connectivity index (χ0) is 47.1. The smallest absolute Gasteiger partial charge is 0.220 e. The third kappa shape index (κ3) is 13.1. The number of nitrogens with zero attached hydrogens (tertiary/aromatic N) is 4. The van der Waals surface area contributed by atoms with E-state index in [1.54, 1.807) is 0 Å². The van der Waals surface area contributed by atoms with Crippen molar-refractivity contribution in [2.45, 2.75) is 136 Å². The molecule has 1 aliphatic carbocycles. The van der Waals surface area contributed by atoms with Gasteiger partial charge in [-0.05, 0) is 87.6 Å². The van der Waals surface area contributed by atoms with Crippen LogP contribution in [0.3, 0.4) is 0 Å². The molecule has 0 fully saturated rings. The first-order valence-corrected chi connectivity index (χ1v) is 24.7. The summed E-state index contributed by atoms with van der Waals surface area (Å²) in [5.41, 5.74) is 9.72. The fraction of sp³-hybridized carbons (Fsp3) is 0.537. The van der Waals surface area contributed by atoms with Crippen LogP contribution >= 0.6 is 11.6 Å². The second-order valence-corrected chi connectivity index (χ2v) is 19.4. The van der Waals surface area contributed by atoms with Crippen molar-refractivity contribution in [3.8, 4) is 0 Å². The molecule has 2 aromatic rings. The maximum absolute atomic E-state index is 12.5. The predicted molar refractivity (Wildman–Crippen MR) is 272 cm³/mol. The summed E-state index contributed by atoms with van der Waals surface area (Å²) in [4.78, 5) is 31.4. The lowest BCUT2D eigenvalue weighted by molar-refractivity contribution is -0.438. The van der Waals surface area contributed by atoms with E-state index in [0.717, 1.165) is 75.9 Å². The van der Waals surface area contributed by atoms with Gasteiger partial charge in [-0.25, -0.2) is 0 Å². The van der Waals surface area contributed by atoms with Gasteiger partial charge in [0, 0.05) is 118 Å². The summed E-state index contributed by atoms with van der Waals surface area (Å²) in [6.45, 7) is 17.4. The normalized spacial score (nSPS) is 17.5. The van der Waals surface area contributed by atoms with Gasteiger partial charge in [-0.3, -0.25) is 20.4 Å². The molecule has 3 aliphatic rings. The van der Waals surface area contributed by atoms with E-state index in [2.05, 4.69) is 121 Å². The average molecular weight is 907 g/mol. The van der Waals surface area contributed by atoms with Gasteiger partial charge in [-0.1, -0.05) is 94.3 Å². The average Bonchev–Trinajstić information content (AvgIpc) is 3.64. The number of amides is 2. The molecule has 4 N–H and O–H groups in total. The van der Waals surface area contributed by atoms with Gasteiger partial charge in [0.05, 0.1) is 17.1 Å². The van der Waals surface area contributed by atoms with E-state index >= 15 is 0 Å². The second kappa shape index (κ2) is 24.0. The van der Waals surface area contributed by atoms with Crippen LogP contribution in [0.5, 0.6) is 0 Å². The largest absolute Gasteiger partial charge is 0.362 e. The fourth-order valence-electron chi connectivity index (χ4n) is 9.51. The molecule has 65 heavy (non-hydrogen) atoms. The fourth-order valence-corrected chi connectivity index (χ4v) is 9.82. The Labute approximate surface area is 396 Å². The van der Waals surface area contributed by atoms with Gasteiger partial charge in [-0.2, -0.15) is 4.58 Å². The maximum Gasteiger partial charge on any atom is 0.220 e. The molecule has 2 aromatic carbocycles. The van der Waals surface area contributed by atoms with Crippen molar-refractivity contribution in [2.75, 3.05) is 58.3 Å². The van der Waals surface area contributed by atoms with Crippen molar-refractivity contribution in [3.05, 3.63) is 106 Å². The van der Waals surface area contributed by atoms with E-state index < -0.39 is 0 Å². The standard InChI is InChI=1S/C54H77ClN8O2/c1-9-48(56)60(7)38-34-58-50(64)28-13-11-19-36-62-44-26-17-15-24-42(44)53(3,4)46(62)32-30-40-22-21-23-41(52(40)55)31-33-47-54(5,6)43-25-16-18-27-45(43)63(47)37-20-12-14-29-51(65)59-35-39-61(8)49(57)10-2/h15-18,24-27,30-33,56-57H,9-14,19-23,28-29,34-39H2,1-8H3,(H-,58,59,64,65)/p+1. The van der Waals surface area contributed by atoms with Crippen molar-refractivity contribution in [1.82, 2.24) is 20.4 Å². The van der Waals surface area contributed by atoms with E-state index in [4.69, 9.17) is 22.4 Å². The molecule has 0 spiro atoms. The van der Waals surface area contributed by atoms with Crippen LogP contribution in [0.1, 0.15) is 136 Å². The zero-order valence-corrected chi connectivity index (χ0v) is 41.6. The number of carbonyl (C=O) groups is 2. The molecule has 352 valence electrons. The summed E-state index contributed by atoms with van der Waals surface area (Å²) in [5, 5.41) is 22.8. The summed E-state index contributed by atoms with van der Waals surface area (Å²) in [6, 6.07) is 17.5.